The Morgan fingerprint density at radius 2 is 1.65 bits per heavy atom. The molecule has 3 aromatic carbocycles. The maximum atomic E-state index is 13.4. The quantitative estimate of drug-likeness (QED) is 0.614. The zero-order chi connectivity index (χ0) is 22.0. The van der Waals surface area contributed by atoms with Gasteiger partial charge in [0.05, 0.1) is 25.5 Å². The van der Waals surface area contributed by atoms with Gasteiger partial charge in [0, 0.05) is 19.5 Å². The number of hydrogen-bond acceptors (Lipinski definition) is 4. The van der Waals surface area contributed by atoms with E-state index in [2.05, 4.69) is 5.32 Å². The molecule has 31 heavy (non-hydrogen) atoms. The fourth-order valence-electron chi connectivity index (χ4n) is 3.63. The molecule has 1 aliphatic carbocycles. The summed E-state index contributed by atoms with van der Waals surface area (Å²) in [7, 11) is 4.92. The minimum atomic E-state index is -0.161. The molecule has 160 valence electrons. The third-order valence-corrected chi connectivity index (χ3v) is 5.54. The van der Waals surface area contributed by atoms with Gasteiger partial charge < -0.3 is 19.7 Å². The van der Waals surface area contributed by atoms with Crippen LogP contribution in [-0.4, -0.2) is 38.0 Å². The molecule has 0 saturated heterocycles. The Balaban J connectivity index is 1.63. The van der Waals surface area contributed by atoms with Crippen LogP contribution in [0.4, 0.5) is 5.69 Å². The Labute approximate surface area is 181 Å². The van der Waals surface area contributed by atoms with Crippen LogP contribution in [0.15, 0.2) is 54.6 Å². The minimum Gasteiger partial charge on any atom is -0.493 e. The molecule has 0 radical (unpaired) electrons. The molecule has 0 atom stereocenters. The molecule has 1 aliphatic rings. The van der Waals surface area contributed by atoms with E-state index in [9.17, 15) is 9.59 Å². The van der Waals surface area contributed by atoms with Gasteiger partial charge in [-0.1, -0.05) is 30.3 Å². The number of carbonyl (C=O) groups is 2. The molecule has 0 heterocycles. The van der Waals surface area contributed by atoms with Crippen molar-refractivity contribution in [2.24, 2.45) is 5.92 Å². The van der Waals surface area contributed by atoms with Gasteiger partial charge in [0.1, 0.15) is 0 Å². The predicted octanol–water partition coefficient (Wildman–Crippen LogP) is 4.48. The second kappa shape index (κ2) is 8.68. The summed E-state index contributed by atoms with van der Waals surface area (Å²) in [6.45, 7) is 0.391. The lowest BCUT2D eigenvalue weighted by molar-refractivity contribution is -0.117. The van der Waals surface area contributed by atoms with Gasteiger partial charge in [0.25, 0.3) is 5.91 Å². The molecule has 1 saturated carbocycles. The molecule has 1 fully saturated rings. The van der Waals surface area contributed by atoms with Crippen LogP contribution in [0.3, 0.4) is 0 Å². The number of hydrogen-bond donors (Lipinski definition) is 1. The highest BCUT2D eigenvalue weighted by molar-refractivity contribution is 6.08. The number of carbonyl (C=O) groups excluding carboxylic acids is 2. The second-order valence-electron chi connectivity index (χ2n) is 7.86. The molecule has 4 rings (SSSR count). The van der Waals surface area contributed by atoms with Gasteiger partial charge in [0.15, 0.2) is 11.5 Å². The van der Waals surface area contributed by atoms with Crippen molar-refractivity contribution < 1.29 is 19.1 Å². The number of benzene rings is 3. The van der Waals surface area contributed by atoms with Crippen molar-refractivity contribution in [1.29, 1.82) is 0 Å². The molecule has 0 bridgehead atoms. The van der Waals surface area contributed by atoms with Gasteiger partial charge in [-0.05, 0) is 53.4 Å². The van der Waals surface area contributed by atoms with Crippen molar-refractivity contribution >= 4 is 28.3 Å². The van der Waals surface area contributed by atoms with Crippen molar-refractivity contribution in [3.05, 3.63) is 65.7 Å². The summed E-state index contributed by atoms with van der Waals surface area (Å²) in [6.07, 6.45) is 1.81. The highest BCUT2D eigenvalue weighted by Gasteiger charge is 2.30. The van der Waals surface area contributed by atoms with Gasteiger partial charge in [-0.2, -0.15) is 0 Å². The average molecular weight is 418 g/mol. The van der Waals surface area contributed by atoms with Gasteiger partial charge in [-0.15, -0.1) is 0 Å². The van der Waals surface area contributed by atoms with E-state index in [1.807, 2.05) is 54.6 Å². The Morgan fingerprint density at radius 3 is 2.29 bits per heavy atom. The summed E-state index contributed by atoms with van der Waals surface area (Å²) in [5.74, 6) is 1.13. The summed E-state index contributed by atoms with van der Waals surface area (Å²) in [5, 5.41) is 4.91. The monoisotopic (exact) mass is 418 g/mol. The largest absolute Gasteiger partial charge is 0.493 e. The fraction of sp³-hybridized carbons (Fsp3) is 0.280. The Kier molecular flexibility index (Phi) is 5.80. The van der Waals surface area contributed by atoms with Crippen LogP contribution in [0.25, 0.3) is 10.8 Å². The van der Waals surface area contributed by atoms with E-state index < -0.39 is 0 Å². The van der Waals surface area contributed by atoms with E-state index in [-0.39, 0.29) is 17.7 Å². The first-order chi connectivity index (χ1) is 15.0. The first kappa shape index (κ1) is 20.7. The molecule has 0 spiro atoms. The lowest BCUT2D eigenvalue weighted by Gasteiger charge is -2.21. The van der Waals surface area contributed by atoms with Crippen LogP contribution in [-0.2, 0) is 11.3 Å². The number of nitrogens with one attached hydrogen (secondary N) is 1. The van der Waals surface area contributed by atoms with Gasteiger partial charge in [-0.3, -0.25) is 9.59 Å². The van der Waals surface area contributed by atoms with Crippen LogP contribution >= 0.6 is 0 Å². The molecule has 6 heteroatoms. The lowest BCUT2D eigenvalue weighted by Crippen LogP contribution is -2.28. The summed E-state index contributed by atoms with van der Waals surface area (Å²) < 4.78 is 10.7. The third kappa shape index (κ3) is 4.48. The van der Waals surface area contributed by atoms with Gasteiger partial charge >= 0.3 is 0 Å². The molecule has 2 amide bonds. The standard InChI is InChI=1S/C25H26N2O4/c1-27(15-16-8-11-22(30-2)23(12-16)31-3)25(29)20-13-18-6-4-5-7-19(18)14-21(20)26-24(28)17-9-10-17/h4-8,11-14,17H,9-10,15H2,1-3H3,(H,26,28). The lowest BCUT2D eigenvalue weighted by atomic mass is 10.0. The first-order valence-corrected chi connectivity index (χ1v) is 10.3. The summed E-state index contributed by atoms with van der Waals surface area (Å²) in [6, 6.07) is 17.1. The zero-order valence-corrected chi connectivity index (χ0v) is 18.0. The van der Waals surface area contributed by atoms with Crippen molar-refractivity contribution in [3.63, 3.8) is 0 Å². The second-order valence-corrected chi connectivity index (χ2v) is 7.86. The number of anilines is 1. The Morgan fingerprint density at radius 1 is 0.968 bits per heavy atom. The molecular formula is C25H26N2O4. The molecule has 1 N–H and O–H groups in total. The predicted molar refractivity (Wildman–Crippen MR) is 121 cm³/mol. The van der Waals surface area contributed by atoms with Crippen molar-refractivity contribution in [2.45, 2.75) is 19.4 Å². The smallest absolute Gasteiger partial charge is 0.256 e. The number of ether oxygens (including phenoxy) is 2. The highest BCUT2D eigenvalue weighted by atomic mass is 16.5. The van der Waals surface area contributed by atoms with Gasteiger partial charge in [0.2, 0.25) is 5.91 Å². The Hall–Kier alpha value is -3.54. The number of rotatable bonds is 7. The minimum absolute atomic E-state index is 0.0214. The summed E-state index contributed by atoms with van der Waals surface area (Å²) in [5.41, 5.74) is 1.95. The van der Waals surface area contributed by atoms with E-state index in [1.165, 1.54) is 0 Å². The van der Waals surface area contributed by atoms with E-state index in [4.69, 9.17) is 9.47 Å². The number of methoxy groups -OCH3 is 2. The van der Waals surface area contributed by atoms with Crippen molar-refractivity contribution in [2.75, 3.05) is 26.6 Å². The van der Waals surface area contributed by atoms with E-state index in [1.54, 1.807) is 26.2 Å². The van der Waals surface area contributed by atoms with Crippen LogP contribution in [0.2, 0.25) is 0 Å². The first-order valence-electron chi connectivity index (χ1n) is 10.3. The topological polar surface area (TPSA) is 67.9 Å². The molecule has 0 aliphatic heterocycles. The molecule has 6 nitrogen and oxygen atoms in total. The average Bonchev–Trinajstić information content (AvgIpc) is 3.63. The SMILES string of the molecule is COc1ccc(CN(C)C(=O)c2cc3ccccc3cc2NC(=O)C2CC2)cc1OC. The van der Waals surface area contributed by atoms with Crippen LogP contribution in [0.5, 0.6) is 11.5 Å². The normalized spacial score (nSPS) is 13.0. The third-order valence-electron chi connectivity index (χ3n) is 5.54. The van der Waals surface area contributed by atoms with Crippen LogP contribution in [0, 0.1) is 5.92 Å². The molecule has 0 aromatic heterocycles. The number of fused-ring (bicyclic) bond motifs is 1. The van der Waals surface area contributed by atoms with Crippen LogP contribution in [0.1, 0.15) is 28.8 Å². The zero-order valence-electron chi connectivity index (χ0n) is 18.0. The summed E-state index contributed by atoms with van der Waals surface area (Å²) in [4.78, 5) is 27.4. The van der Waals surface area contributed by atoms with Gasteiger partial charge in [-0.25, -0.2) is 0 Å². The molecule has 0 unspecified atom stereocenters. The van der Waals surface area contributed by atoms with Crippen molar-refractivity contribution in [3.8, 4) is 11.5 Å². The highest BCUT2D eigenvalue weighted by Crippen LogP contribution is 2.33. The van der Waals surface area contributed by atoms with E-state index in [0.29, 0.717) is 29.3 Å². The summed E-state index contributed by atoms with van der Waals surface area (Å²) >= 11 is 0. The van der Waals surface area contributed by atoms with Crippen LogP contribution < -0.4 is 14.8 Å². The van der Waals surface area contributed by atoms with E-state index in [0.717, 1.165) is 29.2 Å². The maximum absolute atomic E-state index is 13.4. The van der Waals surface area contributed by atoms with E-state index >= 15 is 0 Å². The molecular weight excluding hydrogens is 392 g/mol. The maximum Gasteiger partial charge on any atom is 0.256 e. The van der Waals surface area contributed by atoms with Crippen molar-refractivity contribution in [1.82, 2.24) is 4.90 Å². The number of nitrogens with zero attached hydrogens (tertiary/aromatic N) is 1. The molecule has 3 aromatic rings. The fourth-order valence-corrected chi connectivity index (χ4v) is 3.63. The number of amides is 2. The Bertz CT molecular complexity index is 1140.